The van der Waals surface area contributed by atoms with Crippen LogP contribution in [-0.2, 0) is 0 Å². The molecule has 0 radical (unpaired) electrons. The highest BCUT2D eigenvalue weighted by Gasteiger charge is 2.39. The number of ether oxygens (including phenoxy) is 1. The molecular weight excluding hydrogens is 432 g/mol. The van der Waals surface area contributed by atoms with E-state index in [4.69, 9.17) is 15.5 Å². The smallest absolute Gasteiger partial charge is 0.248 e. The Balaban J connectivity index is 1.60. The van der Waals surface area contributed by atoms with Crippen LogP contribution in [0.4, 0.5) is 17.5 Å². The lowest BCUT2D eigenvalue weighted by Crippen LogP contribution is -2.42. The predicted molar refractivity (Wildman–Crippen MR) is 126 cm³/mol. The number of nitrogens with zero attached hydrogens (tertiary/aromatic N) is 6. The summed E-state index contributed by atoms with van der Waals surface area (Å²) in [6, 6.07) is 7.53. The molecule has 1 amide bonds. The zero-order chi connectivity index (χ0) is 23.8. The number of nitrogens with one attached hydrogen (secondary N) is 1. The summed E-state index contributed by atoms with van der Waals surface area (Å²) in [5, 5.41) is 12.9. The number of carbonyl (C=O) groups excluding carboxylic acids is 1. The summed E-state index contributed by atoms with van der Waals surface area (Å²) in [6.45, 7) is 2.13. The van der Waals surface area contributed by atoms with Gasteiger partial charge in [0.1, 0.15) is 23.8 Å². The van der Waals surface area contributed by atoms with Gasteiger partial charge in [0.05, 0.1) is 30.7 Å². The van der Waals surface area contributed by atoms with Gasteiger partial charge >= 0.3 is 0 Å². The Bertz CT molecular complexity index is 1290. The number of rotatable bonds is 6. The van der Waals surface area contributed by atoms with Gasteiger partial charge < -0.3 is 20.7 Å². The van der Waals surface area contributed by atoms with Crippen LogP contribution in [-0.4, -0.2) is 38.6 Å². The molecule has 3 N–H and O–H groups in total. The van der Waals surface area contributed by atoms with Crippen LogP contribution in [0.3, 0.4) is 0 Å². The van der Waals surface area contributed by atoms with Crippen LogP contribution in [0.25, 0.3) is 5.69 Å². The lowest BCUT2D eigenvalue weighted by Gasteiger charge is -2.41. The lowest BCUT2D eigenvalue weighted by atomic mass is 10.0. The van der Waals surface area contributed by atoms with Crippen molar-refractivity contribution in [2.45, 2.75) is 51.1 Å². The van der Waals surface area contributed by atoms with Crippen LogP contribution < -0.4 is 20.7 Å². The number of primary amides is 1. The van der Waals surface area contributed by atoms with Gasteiger partial charge in [0.25, 0.3) is 0 Å². The topological polar surface area (TPSA) is 135 Å². The minimum atomic E-state index is -0.527. The zero-order valence-electron chi connectivity index (χ0n) is 19.2. The van der Waals surface area contributed by atoms with E-state index in [0.29, 0.717) is 34.7 Å². The molecule has 0 unspecified atom stereocenters. The van der Waals surface area contributed by atoms with Crippen molar-refractivity contribution in [3.63, 3.8) is 0 Å². The third-order valence-corrected chi connectivity index (χ3v) is 6.65. The second kappa shape index (κ2) is 8.67. The molecule has 174 valence electrons. The number of fused-ring (bicyclic) bond motifs is 3. The molecule has 2 aliphatic rings. The van der Waals surface area contributed by atoms with Gasteiger partial charge in [-0.1, -0.05) is 19.8 Å². The average molecular weight is 459 g/mol. The molecule has 5 rings (SSSR count). The molecule has 1 aromatic carbocycles. The van der Waals surface area contributed by atoms with Gasteiger partial charge in [-0.05, 0) is 37.5 Å². The third kappa shape index (κ3) is 3.50. The van der Waals surface area contributed by atoms with Crippen LogP contribution in [0.5, 0.6) is 5.75 Å². The molecule has 34 heavy (non-hydrogen) atoms. The van der Waals surface area contributed by atoms with Crippen LogP contribution in [0.2, 0.25) is 0 Å². The predicted octanol–water partition coefficient (Wildman–Crippen LogP) is 3.60. The van der Waals surface area contributed by atoms with Crippen LogP contribution in [0.15, 0.2) is 30.7 Å². The lowest BCUT2D eigenvalue weighted by molar-refractivity contribution is 0.1000. The van der Waals surface area contributed by atoms with Crippen molar-refractivity contribution in [2.24, 2.45) is 5.73 Å². The molecule has 10 nitrogen and oxygen atoms in total. The number of imidazole rings is 1. The molecule has 3 heterocycles. The van der Waals surface area contributed by atoms with Crippen molar-refractivity contribution < 1.29 is 9.53 Å². The molecule has 0 saturated heterocycles. The molecule has 1 aliphatic heterocycles. The van der Waals surface area contributed by atoms with E-state index in [2.05, 4.69) is 33.2 Å². The van der Waals surface area contributed by atoms with Gasteiger partial charge in [0.2, 0.25) is 11.9 Å². The third-order valence-electron chi connectivity index (χ3n) is 6.65. The van der Waals surface area contributed by atoms with Gasteiger partial charge in [0.15, 0.2) is 11.5 Å². The summed E-state index contributed by atoms with van der Waals surface area (Å²) < 4.78 is 7.38. The number of nitrogens with two attached hydrogens (primary N) is 1. The molecule has 1 saturated carbocycles. The fraction of sp³-hybridized carbons (Fsp3) is 0.375. The maximum atomic E-state index is 11.5. The van der Waals surface area contributed by atoms with Gasteiger partial charge in [-0.2, -0.15) is 10.2 Å². The number of hydrogen-bond acceptors (Lipinski definition) is 8. The minimum absolute atomic E-state index is 0.000105. The number of nitriles is 1. The number of aromatic nitrogens is 4. The van der Waals surface area contributed by atoms with E-state index >= 15 is 0 Å². The number of methoxy groups -OCH3 is 1. The van der Waals surface area contributed by atoms with Gasteiger partial charge in [-0.15, -0.1) is 0 Å². The highest BCUT2D eigenvalue weighted by atomic mass is 16.5. The second-order valence-corrected chi connectivity index (χ2v) is 8.54. The summed E-state index contributed by atoms with van der Waals surface area (Å²) in [5.41, 5.74) is 8.53. The Morgan fingerprint density at radius 3 is 2.79 bits per heavy atom. The summed E-state index contributed by atoms with van der Waals surface area (Å²) in [4.78, 5) is 27.7. The number of carbonyl (C=O) groups is 1. The van der Waals surface area contributed by atoms with E-state index in [9.17, 15) is 10.1 Å². The van der Waals surface area contributed by atoms with Gasteiger partial charge in [-0.25, -0.2) is 9.97 Å². The van der Waals surface area contributed by atoms with E-state index in [1.165, 1.54) is 20.0 Å². The molecule has 1 atom stereocenters. The first-order chi connectivity index (χ1) is 16.5. The standard InChI is InChI=1S/C24H26N8O2/c1-3-18-21-17(11-25)28-13-31(21)19-12-27-24(30-23(19)32(18)15-6-4-5-7-15)29-16-9-8-14(22(26)33)10-20(16)34-2/h8-10,12-13,15,18H,3-7H2,1-2H3,(H2,26,33)(H,27,29,30)/t18-/m1/s1. The number of amides is 1. The second-order valence-electron chi connectivity index (χ2n) is 8.54. The zero-order valence-corrected chi connectivity index (χ0v) is 19.2. The fourth-order valence-electron chi connectivity index (χ4n) is 5.09. The molecule has 1 fully saturated rings. The molecule has 0 bridgehead atoms. The summed E-state index contributed by atoms with van der Waals surface area (Å²) >= 11 is 0. The van der Waals surface area contributed by atoms with E-state index in [-0.39, 0.29) is 6.04 Å². The summed E-state index contributed by atoms with van der Waals surface area (Å²) in [7, 11) is 1.53. The number of benzene rings is 1. The van der Waals surface area contributed by atoms with Crippen molar-refractivity contribution in [3.05, 3.63) is 47.7 Å². The molecule has 3 aromatic rings. The maximum Gasteiger partial charge on any atom is 0.248 e. The van der Waals surface area contributed by atoms with Crippen LogP contribution in [0, 0.1) is 11.3 Å². The Labute approximate surface area is 197 Å². The maximum absolute atomic E-state index is 11.5. The Morgan fingerprint density at radius 1 is 1.32 bits per heavy atom. The van der Waals surface area contributed by atoms with E-state index in [1.807, 2.05) is 4.57 Å². The molecule has 2 aromatic heterocycles. The largest absolute Gasteiger partial charge is 0.495 e. The Morgan fingerprint density at radius 2 is 2.12 bits per heavy atom. The molecule has 10 heteroatoms. The number of anilines is 3. The first kappa shape index (κ1) is 21.7. The first-order valence-corrected chi connectivity index (χ1v) is 11.4. The Hall–Kier alpha value is -4.13. The SMILES string of the molecule is CC[C@@H]1c2c(C#N)ncn2-c2cnc(Nc3ccc(C(N)=O)cc3OC)nc2N1C1CCCC1. The molecule has 0 spiro atoms. The molecule has 1 aliphatic carbocycles. The first-order valence-electron chi connectivity index (χ1n) is 11.4. The highest BCUT2D eigenvalue weighted by Crippen LogP contribution is 2.44. The van der Waals surface area contributed by atoms with Crippen molar-refractivity contribution in [1.82, 2.24) is 19.5 Å². The van der Waals surface area contributed by atoms with Gasteiger partial charge in [-0.3, -0.25) is 9.36 Å². The van der Waals surface area contributed by atoms with Crippen LogP contribution in [0.1, 0.15) is 66.8 Å². The van der Waals surface area contributed by atoms with Crippen molar-refractivity contribution in [2.75, 3.05) is 17.3 Å². The average Bonchev–Trinajstić information content (AvgIpc) is 3.53. The quantitative estimate of drug-likeness (QED) is 0.572. The minimum Gasteiger partial charge on any atom is -0.495 e. The van der Waals surface area contributed by atoms with E-state index in [1.54, 1.807) is 30.7 Å². The van der Waals surface area contributed by atoms with Crippen LogP contribution >= 0.6 is 0 Å². The normalized spacial score (nSPS) is 17.1. The molecular formula is C24H26N8O2. The van der Waals surface area contributed by atoms with Gasteiger partial charge in [0, 0.05) is 11.6 Å². The highest BCUT2D eigenvalue weighted by molar-refractivity contribution is 5.94. The van der Waals surface area contributed by atoms with Crippen molar-refractivity contribution >= 4 is 23.4 Å². The van der Waals surface area contributed by atoms with Crippen molar-refractivity contribution in [1.29, 1.82) is 5.26 Å². The summed E-state index contributed by atoms with van der Waals surface area (Å²) in [5.74, 6) is 1.16. The van der Waals surface area contributed by atoms with E-state index in [0.717, 1.165) is 36.5 Å². The summed E-state index contributed by atoms with van der Waals surface area (Å²) in [6.07, 6.45) is 8.79. The monoisotopic (exact) mass is 458 g/mol. The Kier molecular flexibility index (Phi) is 5.53. The number of hydrogen-bond donors (Lipinski definition) is 2. The van der Waals surface area contributed by atoms with Crippen molar-refractivity contribution in [3.8, 4) is 17.5 Å². The fourth-order valence-corrected chi connectivity index (χ4v) is 5.09. The van der Waals surface area contributed by atoms with E-state index < -0.39 is 5.91 Å².